The molecule has 1 aliphatic rings. The number of likely N-dealkylation sites (tertiary alicyclic amines) is 1. The maximum Gasteiger partial charge on any atom is 0.239 e. The lowest BCUT2D eigenvalue weighted by Gasteiger charge is -2.22. The van der Waals surface area contributed by atoms with Gasteiger partial charge in [-0.25, -0.2) is 0 Å². The van der Waals surface area contributed by atoms with Gasteiger partial charge in [-0.3, -0.25) is 9.59 Å². The van der Waals surface area contributed by atoms with Gasteiger partial charge in [-0.2, -0.15) is 0 Å². The van der Waals surface area contributed by atoms with E-state index >= 15 is 0 Å². The number of carbonyl (C=O) groups excluding carboxylic acids is 2. The molecule has 0 aliphatic carbocycles. The van der Waals surface area contributed by atoms with Crippen LogP contribution in [0, 0.1) is 0 Å². The molecule has 5 nitrogen and oxygen atoms in total. The summed E-state index contributed by atoms with van der Waals surface area (Å²) < 4.78 is 0. The highest BCUT2D eigenvalue weighted by Gasteiger charge is 2.20. The minimum Gasteiger partial charge on any atom is -0.389 e. The molecule has 0 unspecified atom stereocenters. The van der Waals surface area contributed by atoms with Gasteiger partial charge in [0.1, 0.15) is 0 Å². The second-order valence-electron chi connectivity index (χ2n) is 5.22. The second-order valence-corrected chi connectivity index (χ2v) is 5.22. The summed E-state index contributed by atoms with van der Waals surface area (Å²) in [7, 11) is 0. The summed E-state index contributed by atoms with van der Waals surface area (Å²) in [6.45, 7) is 4.23. The molecular formula is C12H22N2O3. The van der Waals surface area contributed by atoms with E-state index in [0.717, 1.165) is 19.3 Å². The number of nitrogens with one attached hydrogen (secondary N) is 1. The number of hydrogen-bond donors (Lipinski definition) is 2. The minimum atomic E-state index is -0.918. The van der Waals surface area contributed by atoms with E-state index in [1.54, 1.807) is 18.7 Å². The molecule has 0 bridgehead atoms. The SMILES string of the molecule is CC(C)(O)CNC(=O)CN1CCCCCC1=O. The van der Waals surface area contributed by atoms with Crippen molar-refractivity contribution in [1.29, 1.82) is 0 Å². The highest BCUT2D eigenvalue weighted by atomic mass is 16.3. The summed E-state index contributed by atoms with van der Waals surface area (Å²) >= 11 is 0. The molecule has 0 aromatic carbocycles. The van der Waals surface area contributed by atoms with Crippen molar-refractivity contribution >= 4 is 11.8 Å². The van der Waals surface area contributed by atoms with Crippen molar-refractivity contribution in [2.45, 2.75) is 45.1 Å². The third kappa shape index (κ3) is 5.68. The largest absolute Gasteiger partial charge is 0.389 e. The summed E-state index contributed by atoms with van der Waals surface area (Å²) in [4.78, 5) is 24.9. The van der Waals surface area contributed by atoms with Crippen molar-refractivity contribution in [2.75, 3.05) is 19.6 Å². The fraction of sp³-hybridized carbons (Fsp3) is 0.833. The van der Waals surface area contributed by atoms with Gasteiger partial charge in [-0.05, 0) is 26.7 Å². The molecule has 0 saturated carbocycles. The Morgan fingerprint density at radius 2 is 2.12 bits per heavy atom. The summed E-state index contributed by atoms with van der Waals surface area (Å²) in [5.41, 5.74) is -0.918. The summed E-state index contributed by atoms with van der Waals surface area (Å²) in [6, 6.07) is 0. The fourth-order valence-electron chi connectivity index (χ4n) is 1.75. The highest BCUT2D eigenvalue weighted by Crippen LogP contribution is 2.10. The minimum absolute atomic E-state index is 0.0564. The van der Waals surface area contributed by atoms with Gasteiger partial charge >= 0.3 is 0 Å². The molecule has 0 atom stereocenters. The lowest BCUT2D eigenvalue weighted by Crippen LogP contribution is -2.44. The third-order valence-electron chi connectivity index (χ3n) is 2.72. The molecule has 2 amide bonds. The van der Waals surface area contributed by atoms with E-state index in [2.05, 4.69) is 5.32 Å². The van der Waals surface area contributed by atoms with Gasteiger partial charge in [0.25, 0.3) is 0 Å². The number of hydrogen-bond acceptors (Lipinski definition) is 3. The van der Waals surface area contributed by atoms with Crippen LogP contribution in [0.1, 0.15) is 39.5 Å². The highest BCUT2D eigenvalue weighted by molar-refractivity contribution is 5.84. The predicted octanol–water partition coefficient (Wildman–Crippen LogP) is 0.276. The van der Waals surface area contributed by atoms with E-state index in [9.17, 15) is 14.7 Å². The number of carbonyl (C=O) groups is 2. The number of amides is 2. The number of nitrogens with zero attached hydrogens (tertiary/aromatic N) is 1. The Morgan fingerprint density at radius 3 is 2.76 bits per heavy atom. The molecule has 0 aromatic rings. The first-order valence-electron chi connectivity index (χ1n) is 6.15. The van der Waals surface area contributed by atoms with Gasteiger partial charge < -0.3 is 15.3 Å². The molecule has 5 heteroatoms. The van der Waals surface area contributed by atoms with Crippen LogP contribution in [-0.4, -0.2) is 47.1 Å². The molecule has 1 heterocycles. The molecule has 2 N–H and O–H groups in total. The Kier molecular flexibility index (Phi) is 4.93. The first-order chi connectivity index (χ1) is 7.88. The Morgan fingerprint density at radius 1 is 1.41 bits per heavy atom. The molecule has 1 saturated heterocycles. The fourth-order valence-corrected chi connectivity index (χ4v) is 1.75. The van der Waals surface area contributed by atoms with E-state index in [0.29, 0.717) is 13.0 Å². The van der Waals surface area contributed by atoms with Crippen LogP contribution >= 0.6 is 0 Å². The predicted molar refractivity (Wildman–Crippen MR) is 64.4 cm³/mol. The Bertz CT molecular complexity index is 284. The van der Waals surface area contributed by atoms with Gasteiger partial charge in [-0.15, -0.1) is 0 Å². The smallest absolute Gasteiger partial charge is 0.239 e. The average Bonchev–Trinajstić information content (AvgIpc) is 2.41. The lowest BCUT2D eigenvalue weighted by molar-refractivity contribution is -0.135. The van der Waals surface area contributed by atoms with Gasteiger partial charge in [0.05, 0.1) is 12.1 Å². The number of aliphatic hydroxyl groups is 1. The van der Waals surface area contributed by atoms with Gasteiger partial charge in [-0.1, -0.05) is 6.42 Å². The van der Waals surface area contributed by atoms with E-state index in [1.165, 1.54) is 0 Å². The molecule has 98 valence electrons. The normalized spacial score (nSPS) is 17.8. The van der Waals surface area contributed by atoms with Gasteiger partial charge in [0.15, 0.2) is 0 Å². The molecule has 0 aromatic heterocycles. The lowest BCUT2D eigenvalue weighted by atomic mass is 10.1. The van der Waals surface area contributed by atoms with E-state index < -0.39 is 5.60 Å². The molecule has 0 spiro atoms. The molecule has 17 heavy (non-hydrogen) atoms. The Balaban J connectivity index is 2.36. The van der Waals surface area contributed by atoms with E-state index in [-0.39, 0.29) is 24.9 Å². The maximum atomic E-state index is 11.6. The van der Waals surface area contributed by atoms with Crippen LogP contribution in [0.4, 0.5) is 0 Å². The van der Waals surface area contributed by atoms with Crippen molar-refractivity contribution in [3.8, 4) is 0 Å². The van der Waals surface area contributed by atoms with Crippen LogP contribution in [0.5, 0.6) is 0 Å². The summed E-state index contributed by atoms with van der Waals surface area (Å²) in [5.74, 6) is -0.150. The average molecular weight is 242 g/mol. The second kappa shape index (κ2) is 6.00. The van der Waals surface area contributed by atoms with Crippen LogP contribution < -0.4 is 5.32 Å². The zero-order valence-corrected chi connectivity index (χ0v) is 10.7. The molecule has 1 rings (SSSR count). The van der Waals surface area contributed by atoms with Crippen molar-refractivity contribution in [1.82, 2.24) is 10.2 Å². The van der Waals surface area contributed by atoms with Crippen LogP contribution in [0.25, 0.3) is 0 Å². The monoisotopic (exact) mass is 242 g/mol. The Labute approximate surface area is 102 Å². The van der Waals surface area contributed by atoms with Gasteiger partial charge in [0.2, 0.25) is 11.8 Å². The van der Waals surface area contributed by atoms with Crippen molar-refractivity contribution in [3.05, 3.63) is 0 Å². The van der Waals surface area contributed by atoms with E-state index in [4.69, 9.17) is 0 Å². The van der Waals surface area contributed by atoms with Crippen LogP contribution in [0.3, 0.4) is 0 Å². The molecule has 1 fully saturated rings. The topological polar surface area (TPSA) is 69.6 Å². The zero-order valence-electron chi connectivity index (χ0n) is 10.7. The van der Waals surface area contributed by atoms with Crippen molar-refractivity contribution in [3.63, 3.8) is 0 Å². The third-order valence-corrected chi connectivity index (χ3v) is 2.72. The Hall–Kier alpha value is -1.10. The molecule has 0 radical (unpaired) electrons. The molecular weight excluding hydrogens is 220 g/mol. The number of rotatable bonds is 4. The van der Waals surface area contributed by atoms with Gasteiger partial charge in [0, 0.05) is 19.5 Å². The van der Waals surface area contributed by atoms with Crippen molar-refractivity contribution in [2.24, 2.45) is 0 Å². The van der Waals surface area contributed by atoms with Crippen LogP contribution in [-0.2, 0) is 9.59 Å². The first-order valence-corrected chi connectivity index (χ1v) is 6.15. The standard InChI is InChI=1S/C12H22N2O3/c1-12(2,17)9-13-10(15)8-14-7-5-3-4-6-11(14)16/h17H,3-9H2,1-2H3,(H,13,15). The zero-order chi connectivity index (χ0) is 12.9. The summed E-state index contributed by atoms with van der Waals surface area (Å²) in [5, 5.41) is 12.1. The van der Waals surface area contributed by atoms with Crippen molar-refractivity contribution < 1.29 is 14.7 Å². The summed E-state index contributed by atoms with van der Waals surface area (Å²) in [6.07, 6.45) is 3.47. The molecule has 1 aliphatic heterocycles. The quantitative estimate of drug-likeness (QED) is 0.743. The maximum absolute atomic E-state index is 11.6. The van der Waals surface area contributed by atoms with Crippen LogP contribution in [0.15, 0.2) is 0 Å². The van der Waals surface area contributed by atoms with Crippen LogP contribution in [0.2, 0.25) is 0 Å². The van der Waals surface area contributed by atoms with E-state index in [1.807, 2.05) is 0 Å². The first kappa shape index (κ1) is 14.0.